The van der Waals surface area contributed by atoms with E-state index in [2.05, 4.69) is 15.5 Å². The minimum atomic E-state index is -1.11. The third-order valence-electron chi connectivity index (χ3n) is 3.19. The molecule has 2 rings (SSSR count). The molecule has 8 nitrogen and oxygen atoms in total. The monoisotopic (exact) mass is 305 g/mol. The van der Waals surface area contributed by atoms with Gasteiger partial charge in [-0.3, -0.25) is 9.48 Å². The molecule has 8 heteroatoms. The molecule has 1 amide bonds. The Bertz CT molecular complexity index is 688. The Kier molecular flexibility index (Phi) is 4.59. The molecule has 0 aliphatic rings. The number of hydrogen-bond donors (Lipinski definition) is 2. The number of aromatic carboxylic acids is 1. The van der Waals surface area contributed by atoms with Crippen molar-refractivity contribution in [2.75, 3.05) is 0 Å². The van der Waals surface area contributed by atoms with Gasteiger partial charge in [-0.05, 0) is 32.9 Å². The Balaban J connectivity index is 1.92. The van der Waals surface area contributed by atoms with Crippen LogP contribution in [0.2, 0.25) is 0 Å². The first-order chi connectivity index (χ1) is 10.4. The number of carboxylic acids is 1. The summed E-state index contributed by atoms with van der Waals surface area (Å²) in [5.41, 5.74) is 1.94. The molecule has 2 N–H and O–H groups in total. The number of amides is 1. The summed E-state index contributed by atoms with van der Waals surface area (Å²) in [4.78, 5) is 22.9. The van der Waals surface area contributed by atoms with Gasteiger partial charge in [0, 0.05) is 17.9 Å². The first kappa shape index (κ1) is 15.7. The van der Waals surface area contributed by atoms with Gasteiger partial charge >= 0.3 is 5.97 Å². The number of aryl methyl sites for hydroxylation is 2. The smallest absolute Gasteiger partial charge is 0.354 e. The van der Waals surface area contributed by atoms with Gasteiger partial charge in [-0.15, -0.1) is 0 Å². The Morgan fingerprint density at radius 3 is 2.68 bits per heavy atom. The van der Waals surface area contributed by atoms with Crippen molar-refractivity contribution in [3.8, 4) is 0 Å². The van der Waals surface area contributed by atoms with Crippen LogP contribution in [0.15, 0.2) is 18.3 Å². The lowest BCUT2D eigenvalue weighted by Gasteiger charge is -2.15. The molecule has 0 radical (unpaired) electrons. The Labute approximate surface area is 127 Å². The van der Waals surface area contributed by atoms with E-state index in [1.165, 1.54) is 12.3 Å². The lowest BCUT2D eigenvalue weighted by molar-refractivity contribution is -0.122. The van der Waals surface area contributed by atoms with E-state index in [-0.39, 0.29) is 24.2 Å². The fourth-order valence-corrected chi connectivity index (χ4v) is 2.26. The molecule has 2 aromatic rings. The second-order valence-electron chi connectivity index (χ2n) is 5.26. The number of carbonyl (C=O) groups excluding carboxylic acids is 1. The van der Waals surface area contributed by atoms with Crippen LogP contribution in [0, 0.1) is 13.8 Å². The summed E-state index contributed by atoms with van der Waals surface area (Å²) >= 11 is 0. The van der Waals surface area contributed by atoms with E-state index < -0.39 is 5.97 Å². The van der Waals surface area contributed by atoms with Gasteiger partial charge in [0.05, 0.1) is 12.2 Å². The van der Waals surface area contributed by atoms with Gasteiger partial charge in [-0.25, -0.2) is 9.48 Å². The standard InChI is InChI=1S/C14H19N5O3/c1-9-6-11(3)18(17-9)7-10(2)16-13(20)8-19-12(14(21)22)4-5-15-19/h4-6,10H,7-8H2,1-3H3,(H,16,20)(H,21,22). The quantitative estimate of drug-likeness (QED) is 0.813. The van der Waals surface area contributed by atoms with E-state index in [4.69, 9.17) is 5.11 Å². The Hall–Kier alpha value is -2.64. The van der Waals surface area contributed by atoms with Gasteiger partial charge in [0.2, 0.25) is 5.91 Å². The highest BCUT2D eigenvalue weighted by atomic mass is 16.4. The molecule has 118 valence electrons. The zero-order valence-electron chi connectivity index (χ0n) is 12.8. The van der Waals surface area contributed by atoms with Crippen LogP contribution in [-0.4, -0.2) is 42.6 Å². The van der Waals surface area contributed by atoms with Crippen LogP contribution in [0.5, 0.6) is 0 Å². The van der Waals surface area contributed by atoms with Crippen molar-refractivity contribution in [1.82, 2.24) is 24.9 Å². The van der Waals surface area contributed by atoms with E-state index in [1.54, 1.807) is 0 Å². The maximum absolute atomic E-state index is 12.0. The summed E-state index contributed by atoms with van der Waals surface area (Å²) in [5.74, 6) is -1.40. The van der Waals surface area contributed by atoms with E-state index in [1.807, 2.05) is 31.5 Å². The highest BCUT2D eigenvalue weighted by molar-refractivity contribution is 5.86. The second-order valence-corrected chi connectivity index (χ2v) is 5.26. The maximum atomic E-state index is 12.0. The number of carbonyl (C=O) groups is 2. The zero-order chi connectivity index (χ0) is 16.3. The molecule has 22 heavy (non-hydrogen) atoms. The normalized spacial score (nSPS) is 12.1. The van der Waals surface area contributed by atoms with Crippen molar-refractivity contribution < 1.29 is 14.7 Å². The van der Waals surface area contributed by atoms with Crippen LogP contribution in [0.1, 0.15) is 28.8 Å². The summed E-state index contributed by atoms with van der Waals surface area (Å²) in [6.07, 6.45) is 1.36. The molecule has 1 atom stereocenters. The van der Waals surface area contributed by atoms with Crippen LogP contribution in [-0.2, 0) is 17.9 Å². The topological polar surface area (TPSA) is 102 Å². The minimum absolute atomic E-state index is 0.0126. The Morgan fingerprint density at radius 2 is 2.09 bits per heavy atom. The summed E-state index contributed by atoms with van der Waals surface area (Å²) in [7, 11) is 0. The number of aromatic nitrogens is 4. The van der Waals surface area contributed by atoms with Crippen LogP contribution in [0.4, 0.5) is 0 Å². The molecular weight excluding hydrogens is 286 g/mol. The third-order valence-corrected chi connectivity index (χ3v) is 3.19. The molecule has 0 spiro atoms. The molecule has 1 unspecified atom stereocenters. The lowest BCUT2D eigenvalue weighted by Crippen LogP contribution is -2.38. The van der Waals surface area contributed by atoms with Gasteiger partial charge in [-0.1, -0.05) is 0 Å². The number of nitrogens with one attached hydrogen (secondary N) is 1. The van der Waals surface area contributed by atoms with Crippen molar-refractivity contribution in [1.29, 1.82) is 0 Å². The molecule has 0 aromatic carbocycles. The van der Waals surface area contributed by atoms with Crippen molar-refractivity contribution in [2.24, 2.45) is 0 Å². The number of carboxylic acid groups (broad SMARTS) is 1. The highest BCUT2D eigenvalue weighted by Gasteiger charge is 2.15. The molecule has 2 aromatic heterocycles. The molecule has 0 saturated carbocycles. The zero-order valence-corrected chi connectivity index (χ0v) is 12.8. The number of rotatable bonds is 6. The van der Waals surface area contributed by atoms with E-state index >= 15 is 0 Å². The van der Waals surface area contributed by atoms with Crippen LogP contribution in [0.3, 0.4) is 0 Å². The highest BCUT2D eigenvalue weighted by Crippen LogP contribution is 2.03. The predicted octanol–water partition coefficient (Wildman–Crippen LogP) is 0.600. The fourth-order valence-electron chi connectivity index (χ4n) is 2.26. The predicted molar refractivity (Wildman–Crippen MR) is 78.5 cm³/mol. The third kappa shape index (κ3) is 3.72. The minimum Gasteiger partial charge on any atom is -0.477 e. The van der Waals surface area contributed by atoms with E-state index in [9.17, 15) is 9.59 Å². The fraction of sp³-hybridized carbons (Fsp3) is 0.429. The van der Waals surface area contributed by atoms with Crippen LogP contribution >= 0.6 is 0 Å². The van der Waals surface area contributed by atoms with Gasteiger partial charge in [0.25, 0.3) is 0 Å². The second kappa shape index (κ2) is 6.42. The number of nitrogens with zero attached hydrogens (tertiary/aromatic N) is 4. The van der Waals surface area contributed by atoms with Crippen molar-refractivity contribution in [3.63, 3.8) is 0 Å². The molecule has 0 aliphatic carbocycles. The summed E-state index contributed by atoms with van der Waals surface area (Å²) < 4.78 is 2.99. The van der Waals surface area contributed by atoms with Gasteiger partial charge in [-0.2, -0.15) is 10.2 Å². The first-order valence-corrected chi connectivity index (χ1v) is 6.92. The summed E-state index contributed by atoms with van der Waals surface area (Å²) in [6, 6.07) is 3.20. The van der Waals surface area contributed by atoms with Gasteiger partial charge in [0.1, 0.15) is 12.2 Å². The van der Waals surface area contributed by atoms with Crippen molar-refractivity contribution in [3.05, 3.63) is 35.4 Å². The first-order valence-electron chi connectivity index (χ1n) is 6.92. The van der Waals surface area contributed by atoms with Gasteiger partial charge < -0.3 is 10.4 Å². The molecule has 0 saturated heterocycles. The average molecular weight is 305 g/mol. The van der Waals surface area contributed by atoms with Gasteiger partial charge in [0.15, 0.2) is 0 Å². The van der Waals surface area contributed by atoms with Crippen molar-refractivity contribution in [2.45, 2.75) is 39.9 Å². The lowest BCUT2D eigenvalue weighted by atomic mass is 10.3. The van der Waals surface area contributed by atoms with E-state index in [0.717, 1.165) is 16.1 Å². The SMILES string of the molecule is Cc1cc(C)n(CC(C)NC(=O)Cn2nccc2C(=O)O)n1. The molecule has 2 heterocycles. The molecule has 0 fully saturated rings. The van der Waals surface area contributed by atoms with Crippen LogP contribution < -0.4 is 5.32 Å². The number of hydrogen-bond acceptors (Lipinski definition) is 4. The van der Waals surface area contributed by atoms with Crippen LogP contribution in [0.25, 0.3) is 0 Å². The summed E-state index contributed by atoms with van der Waals surface area (Å²) in [5, 5.41) is 20.0. The van der Waals surface area contributed by atoms with E-state index in [0.29, 0.717) is 6.54 Å². The average Bonchev–Trinajstić information content (AvgIpc) is 2.96. The van der Waals surface area contributed by atoms with Crippen molar-refractivity contribution >= 4 is 11.9 Å². The Morgan fingerprint density at radius 1 is 1.36 bits per heavy atom. The molecule has 0 aliphatic heterocycles. The largest absolute Gasteiger partial charge is 0.477 e. The molecular formula is C14H19N5O3. The molecule has 0 bridgehead atoms. The maximum Gasteiger partial charge on any atom is 0.354 e. The summed E-state index contributed by atoms with van der Waals surface area (Å²) in [6.45, 7) is 6.16.